The molecule has 0 unspecified atom stereocenters. The molecule has 130 valence electrons. The number of halogens is 3. The summed E-state index contributed by atoms with van der Waals surface area (Å²) in [6, 6.07) is 4.64. The SMILES string of the molecule is CCn1nc(C(C)C)cc1C(=O)Nc1ccc(F)cc1OC(F)F. The molecule has 1 N–H and O–H groups in total. The first-order chi connectivity index (χ1) is 11.3. The van der Waals surface area contributed by atoms with Gasteiger partial charge in [-0.1, -0.05) is 13.8 Å². The van der Waals surface area contributed by atoms with Gasteiger partial charge in [0.15, 0.2) is 5.75 Å². The molecule has 0 aliphatic carbocycles. The Balaban J connectivity index is 2.30. The van der Waals surface area contributed by atoms with Crippen LogP contribution in [0.4, 0.5) is 18.9 Å². The van der Waals surface area contributed by atoms with E-state index in [1.165, 1.54) is 10.7 Å². The van der Waals surface area contributed by atoms with Crippen molar-refractivity contribution in [3.8, 4) is 5.75 Å². The van der Waals surface area contributed by atoms with E-state index >= 15 is 0 Å². The quantitative estimate of drug-likeness (QED) is 0.863. The molecule has 0 spiro atoms. The van der Waals surface area contributed by atoms with Gasteiger partial charge in [0.05, 0.1) is 11.4 Å². The fraction of sp³-hybridized carbons (Fsp3) is 0.375. The van der Waals surface area contributed by atoms with E-state index in [1.54, 1.807) is 6.07 Å². The molecule has 1 aromatic heterocycles. The van der Waals surface area contributed by atoms with Gasteiger partial charge in [0, 0.05) is 12.6 Å². The molecule has 1 heterocycles. The molecule has 0 aliphatic heterocycles. The number of nitrogens with one attached hydrogen (secondary N) is 1. The highest BCUT2D eigenvalue weighted by molar-refractivity contribution is 6.04. The van der Waals surface area contributed by atoms with E-state index in [1.807, 2.05) is 20.8 Å². The molecule has 0 atom stereocenters. The second kappa shape index (κ2) is 7.37. The smallest absolute Gasteiger partial charge is 0.387 e. The van der Waals surface area contributed by atoms with E-state index in [9.17, 15) is 18.0 Å². The van der Waals surface area contributed by atoms with Crippen molar-refractivity contribution in [3.05, 3.63) is 41.5 Å². The van der Waals surface area contributed by atoms with Crippen molar-refractivity contribution in [1.29, 1.82) is 0 Å². The van der Waals surface area contributed by atoms with Gasteiger partial charge in [-0.3, -0.25) is 9.48 Å². The molecule has 0 saturated carbocycles. The third-order valence-corrected chi connectivity index (χ3v) is 3.33. The minimum absolute atomic E-state index is 0.0448. The molecule has 0 bridgehead atoms. The summed E-state index contributed by atoms with van der Waals surface area (Å²) in [5.74, 6) is -1.59. The zero-order valence-corrected chi connectivity index (χ0v) is 13.5. The number of benzene rings is 1. The molecular weight excluding hydrogens is 323 g/mol. The van der Waals surface area contributed by atoms with Crippen molar-refractivity contribution >= 4 is 11.6 Å². The average molecular weight is 341 g/mol. The normalized spacial score (nSPS) is 11.2. The zero-order valence-electron chi connectivity index (χ0n) is 13.5. The molecule has 2 aromatic rings. The summed E-state index contributed by atoms with van der Waals surface area (Å²) in [7, 11) is 0. The van der Waals surface area contributed by atoms with Gasteiger partial charge in [0.25, 0.3) is 5.91 Å². The van der Waals surface area contributed by atoms with Crippen LogP contribution in [0.3, 0.4) is 0 Å². The predicted molar refractivity (Wildman–Crippen MR) is 83.0 cm³/mol. The van der Waals surface area contributed by atoms with Crippen molar-refractivity contribution in [2.45, 2.75) is 39.8 Å². The lowest BCUT2D eigenvalue weighted by atomic mass is 10.1. The van der Waals surface area contributed by atoms with Crippen LogP contribution in [-0.2, 0) is 6.54 Å². The Morgan fingerprint density at radius 3 is 2.62 bits per heavy atom. The molecule has 24 heavy (non-hydrogen) atoms. The Morgan fingerprint density at radius 2 is 2.04 bits per heavy atom. The number of hydrogen-bond acceptors (Lipinski definition) is 3. The molecule has 0 fully saturated rings. The Hall–Kier alpha value is -2.51. The summed E-state index contributed by atoms with van der Waals surface area (Å²) in [6.07, 6.45) is 0. The lowest BCUT2D eigenvalue weighted by molar-refractivity contribution is -0.0495. The maximum absolute atomic E-state index is 13.2. The van der Waals surface area contributed by atoms with E-state index in [0.717, 1.165) is 17.8 Å². The third-order valence-electron chi connectivity index (χ3n) is 3.33. The van der Waals surface area contributed by atoms with Crippen LogP contribution in [0, 0.1) is 5.82 Å². The molecule has 0 saturated heterocycles. The molecule has 0 radical (unpaired) electrons. The van der Waals surface area contributed by atoms with Gasteiger partial charge < -0.3 is 10.1 Å². The van der Waals surface area contributed by atoms with Crippen LogP contribution >= 0.6 is 0 Å². The highest BCUT2D eigenvalue weighted by Gasteiger charge is 2.19. The highest BCUT2D eigenvalue weighted by Crippen LogP contribution is 2.28. The Morgan fingerprint density at radius 1 is 1.33 bits per heavy atom. The molecule has 1 amide bonds. The number of rotatable bonds is 6. The lowest BCUT2D eigenvalue weighted by Crippen LogP contribution is -2.18. The van der Waals surface area contributed by atoms with Crippen molar-refractivity contribution in [1.82, 2.24) is 9.78 Å². The van der Waals surface area contributed by atoms with Gasteiger partial charge in [-0.05, 0) is 31.0 Å². The number of ether oxygens (including phenoxy) is 1. The number of hydrogen-bond donors (Lipinski definition) is 1. The molecular formula is C16H18F3N3O2. The van der Waals surface area contributed by atoms with Crippen LogP contribution in [0.5, 0.6) is 5.75 Å². The van der Waals surface area contributed by atoms with Gasteiger partial charge in [-0.15, -0.1) is 0 Å². The number of amides is 1. The van der Waals surface area contributed by atoms with Crippen LogP contribution in [0.15, 0.2) is 24.3 Å². The van der Waals surface area contributed by atoms with Gasteiger partial charge in [-0.2, -0.15) is 13.9 Å². The highest BCUT2D eigenvalue weighted by atomic mass is 19.3. The fourth-order valence-corrected chi connectivity index (χ4v) is 2.12. The van der Waals surface area contributed by atoms with Crippen LogP contribution in [0.2, 0.25) is 0 Å². The summed E-state index contributed by atoms with van der Waals surface area (Å²) >= 11 is 0. The number of nitrogens with zero attached hydrogens (tertiary/aromatic N) is 2. The second-order valence-corrected chi connectivity index (χ2v) is 5.40. The maximum atomic E-state index is 13.2. The second-order valence-electron chi connectivity index (χ2n) is 5.40. The largest absolute Gasteiger partial charge is 0.432 e. The van der Waals surface area contributed by atoms with Crippen molar-refractivity contribution in [2.75, 3.05) is 5.32 Å². The van der Waals surface area contributed by atoms with Crippen molar-refractivity contribution in [2.24, 2.45) is 0 Å². The number of carbonyl (C=O) groups is 1. The van der Waals surface area contributed by atoms with Gasteiger partial charge in [0.1, 0.15) is 11.5 Å². The van der Waals surface area contributed by atoms with Crippen LogP contribution in [0.1, 0.15) is 42.9 Å². The summed E-state index contributed by atoms with van der Waals surface area (Å²) in [6.45, 7) is 3.06. The molecule has 5 nitrogen and oxygen atoms in total. The van der Waals surface area contributed by atoms with E-state index < -0.39 is 24.1 Å². The summed E-state index contributed by atoms with van der Waals surface area (Å²) in [5.41, 5.74) is 0.982. The topological polar surface area (TPSA) is 56.2 Å². The number of aryl methyl sites for hydroxylation is 1. The van der Waals surface area contributed by atoms with Crippen molar-refractivity contribution in [3.63, 3.8) is 0 Å². The number of anilines is 1. The summed E-state index contributed by atoms with van der Waals surface area (Å²) in [5, 5.41) is 6.78. The summed E-state index contributed by atoms with van der Waals surface area (Å²) < 4.78 is 43.8. The minimum Gasteiger partial charge on any atom is -0.432 e. The van der Waals surface area contributed by atoms with E-state index in [4.69, 9.17) is 0 Å². The number of carbonyl (C=O) groups excluding carboxylic acids is 1. The molecule has 2 rings (SSSR count). The zero-order chi connectivity index (χ0) is 17.9. The standard InChI is InChI=1S/C16H18F3N3O2/c1-4-22-13(8-12(21-22)9(2)3)15(23)20-11-6-5-10(17)7-14(11)24-16(18)19/h5-9,16H,4H2,1-3H3,(H,20,23). The third kappa shape index (κ3) is 4.06. The van der Waals surface area contributed by atoms with Crippen LogP contribution in [0.25, 0.3) is 0 Å². The van der Waals surface area contributed by atoms with Crippen molar-refractivity contribution < 1.29 is 22.7 Å². The first-order valence-corrected chi connectivity index (χ1v) is 7.45. The lowest BCUT2D eigenvalue weighted by Gasteiger charge is -2.12. The fourth-order valence-electron chi connectivity index (χ4n) is 2.12. The maximum Gasteiger partial charge on any atom is 0.387 e. The number of aromatic nitrogens is 2. The van der Waals surface area contributed by atoms with Crippen LogP contribution < -0.4 is 10.1 Å². The van der Waals surface area contributed by atoms with Gasteiger partial charge in [0.2, 0.25) is 0 Å². The van der Waals surface area contributed by atoms with E-state index in [0.29, 0.717) is 6.54 Å². The molecule has 0 aliphatic rings. The van der Waals surface area contributed by atoms with Gasteiger partial charge in [-0.25, -0.2) is 4.39 Å². The average Bonchev–Trinajstić information content (AvgIpc) is 2.94. The Bertz CT molecular complexity index is 729. The first kappa shape index (κ1) is 17.8. The first-order valence-electron chi connectivity index (χ1n) is 7.45. The van der Waals surface area contributed by atoms with E-state index in [2.05, 4.69) is 15.2 Å². The molecule has 8 heteroatoms. The van der Waals surface area contributed by atoms with Gasteiger partial charge >= 0.3 is 6.61 Å². The molecule has 1 aromatic carbocycles. The van der Waals surface area contributed by atoms with Crippen LogP contribution in [-0.4, -0.2) is 22.3 Å². The predicted octanol–water partition coefficient (Wildman–Crippen LogP) is 4.02. The monoisotopic (exact) mass is 341 g/mol. The minimum atomic E-state index is -3.13. The number of alkyl halides is 2. The summed E-state index contributed by atoms with van der Waals surface area (Å²) in [4.78, 5) is 12.4. The Labute approximate surface area is 137 Å². The Kier molecular flexibility index (Phi) is 5.48. The van der Waals surface area contributed by atoms with E-state index in [-0.39, 0.29) is 17.3 Å².